The number of hydrogen-bond acceptors (Lipinski definition) is 4. The summed E-state index contributed by atoms with van der Waals surface area (Å²) in [5.41, 5.74) is 4.96. The Labute approximate surface area is 163 Å². The fourth-order valence-electron chi connectivity index (χ4n) is 3.61. The first-order valence-corrected chi connectivity index (χ1v) is 9.39. The largest absolute Gasteiger partial charge is 0.321 e. The lowest BCUT2D eigenvalue weighted by molar-refractivity contribution is 0.102. The van der Waals surface area contributed by atoms with E-state index in [1.165, 1.54) is 35.4 Å². The predicted octanol–water partition coefficient (Wildman–Crippen LogP) is 3.35. The van der Waals surface area contributed by atoms with E-state index in [0.717, 1.165) is 31.7 Å². The van der Waals surface area contributed by atoms with Crippen LogP contribution in [-0.2, 0) is 13.0 Å². The predicted molar refractivity (Wildman–Crippen MR) is 105 cm³/mol. The van der Waals surface area contributed by atoms with E-state index in [1.54, 1.807) is 4.68 Å². The molecule has 2 aromatic carbocycles. The maximum absolute atomic E-state index is 13.0. The number of nitrogens with zero attached hydrogens (tertiary/aromatic N) is 4. The van der Waals surface area contributed by atoms with E-state index in [0.29, 0.717) is 11.4 Å². The standard InChI is InChI=1S/C21H22FN5O/c1-3-26-12-11-18-15(13-26)5-4-6-19(18)27-14(2)20(24-25-27)21(28)23-17-9-7-16(22)8-10-17/h4-10H,3,11-13H2,1-2H3,(H,23,28). The Bertz CT molecular complexity index is 1010. The zero-order valence-electron chi connectivity index (χ0n) is 15.9. The molecule has 7 heteroatoms. The van der Waals surface area contributed by atoms with Gasteiger partial charge in [-0.3, -0.25) is 9.69 Å². The number of nitrogens with one attached hydrogen (secondary N) is 1. The van der Waals surface area contributed by atoms with Crippen molar-refractivity contribution >= 4 is 11.6 Å². The number of hydrogen-bond donors (Lipinski definition) is 1. The van der Waals surface area contributed by atoms with E-state index in [9.17, 15) is 9.18 Å². The van der Waals surface area contributed by atoms with Crippen molar-refractivity contribution in [2.45, 2.75) is 26.8 Å². The van der Waals surface area contributed by atoms with Gasteiger partial charge in [0.2, 0.25) is 0 Å². The maximum atomic E-state index is 13.0. The van der Waals surface area contributed by atoms with Gasteiger partial charge in [-0.2, -0.15) is 0 Å². The Morgan fingerprint density at radius 3 is 2.75 bits per heavy atom. The lowest BCUT2D eigenvalue weighted by Gasteiger charge is -2.29. The second kappa shape index (κ2) is 7.52. The third-order valence-electron chi connectivity index (χ3n) is 5.21. The zero-order valence-corrected chi connectivity index (χ0v) is 15.9. The molecule has 2 heterocycles. The van der Waals surface area contributed by atoms with E-state index in [-0.39, 0.29) is 17.4 Å². The van der Waals surface area contributed by atoms with Crippen molar-refractivity contribution in [2.75, 3.05) is 18.4 Å². The van der Waals surface area contributed by atoms with Crippen molar-refractivity contribution in [3.63, 3.8) is 0 Å². The van der Waals surface area contributed by atoms with Crippen LogP contribution < -0.4 is 5.32 Å². The second-order valence-electron chi connectivity index (χ2n) is 6.93. The average molecular weight is 379 g/mol. The quantitative estimate of drug-likeness (QED) is 0.755. The van der Waals surface area contributed by atoms with Gasteiger partial charge in [-0.1, -0.05) is 24.3 Å². The van der Waals surface area contributed by atoms with Gasteiger partial charge in [0.05, 0.1) is 11.4 Å². The number of anilines is 1. The summed E-state index contributed by atoms with van der Waals surface area (Å²) < 4.78 is 14.8. The molecule has 0 saturated carbocycles. The minimum atomic E-state index is -0.364. The van der Waals surface area contributed by atoms with E-state index in [1.807, 2.05) is 19.1 Å². The van der Waals surface area contributed by atoms with Crippen LogP contribution in [0.5, 0.6) is 0 Å². The summed E-state index contributed by atoms with van der Waals surface area (Å²) in [6.45, 7) is 6.96. The molecule has 0 radical (unpaired) electrons. The number of fused-ring (bicyclic) bond motifs is 1. The van der Waals surface area contributed by atoms with Gasteiger partial charge in [0, 0.05) is 18.8 Å². The summed E-state index contributed by atoms with van der Waals surface area (Å²) in [7, 11) is 0. The minimum Gasteiger partial charge on any atom is -0.321 e. The number of aromatic nitrogens is 3. The molecule has 6 nitrogen and oxygen atoms in total. The normalized spacial score (nSPS) is 14.0. The summed E-state index contributed by atoms with van der Waals surface area (Å²) in [4.78, 5) is 15.0. The fourth-order valence-corrected chi connectivity index (χ4v) is 3.61. The van der Waals surface area contributed by atoms with E-state index in [2.05, 4.69) is 33.5 Å². The molecule has 4 rings (SSSR count). The number of amides is 1. The Kier molecular flexibility index (Phi) is 4.92. The first-order chi connectivity index (χ1) is 13.6. The summed E-state index contributed by atoms with van der Waals surface area (Å²) in [5.74, 6) is -0.715. The van der Waals surface area contributed by atoms with Crippen molar-refractivity contribution in [1.82, 2.24) is 19.9 Å². The van der Waals surface area contributed by atoms with Gasteiger partial charge in [0.25, 0.3) is 5.91 Å². The molecule has 1 aliphatic rings. The summed E-state index contributed by atoms with van der Waals surface area (Å²) in [6, 6.07) is 11.8. The van der Waals surface area contributed by atoms with Gasteiger partial charge >= 0.3 is 0 Å². The van der Waals surface area contributed by atoms with Crippen LogP contribution in [0.2, 0.25) is 0 Å². The van der Waals surface area contributed by atoms with E-state index >= 15 is 0 Å². The molecule has 1 aromatic heterocycles. The number of halogens is 1. The molecule has 0 fully saturated rings. The van der Waals surface area contributed by atoms with Crippen LogP contribution in [0.15, 0.2) is 42.5 Å². The second-order valence-corrected chi connectivity index (χ2v) is 6.93. The Balaban J connectivity index is 1.62. The molecule has 28 heavy (non-hydrogen) atoms. The average Bonchev–Trinajstić information content (AvgIpc) is 3.10. The molecule has 0 aliphatic carbocycles. The lowest BCUT2D eigenvalue weighted by Crippen LogP contribution is -2.31. The van der Waals surface area contributed by atoms with E-state index < -0.39 is 0 Å². The van der Waals surface area contributed by atoms with Crippen molar-refractivity contribution < 1.29 is 9.18 Å². The topological polar surface area (TPSA) is 63.1 Å². The molecule has 1 amide bonds. The van der Waals surface area contributed by atoms with Crippen LogP contribution in [0.4, 0.5) is 10.1 Å². The Morgan fingerprint density at radius 1 is 1.21 bits per heavy atom. The van der Waals surface area contributed by atoms with Crippen LogP contribution in [0.25, 0.3) is 5.69 Å². The molecule has 3 aromatic rings. The van der Waals surface area contributed by atoms with Crippen LogP contribution in [-0.4, -0.2) is 38.9 Å². The molecule has 1 N–H and O–H groups in total. The van der Waals surface area contributed by atoms with Crippen molar-refractivity contribution in [2.24, 2.45) is 0 Å². The number of carbonyl (C=O) groups excluding carboxylic acids is 1. The van der Waals surface area contributed by atoms with Crippen molar-refractivity contribution in [1.29, 1.82) is 0 Å². The van der Waals surface area contributed by atoms with E-state index in [4.69, 9.17) is 0 Å². The highest BCUT2D eigenvalue weighted by molar-refractivity contribution is 6.03. The third-order valence-corrected chi connectivity index (χ3v) is 5.21. The Morgan fingerprint density at radius 2 is 2.00 bits per heavy atom. The minimum absolute atomic E-state index is 0.257. The highest BCUT2D eigenvalue weighted by Gasteiger charge is 2.22. The molecule has 0 bridgehead atoms. The summed E-state index contributed by atoms with van der Waals surface area (Å²) in [5, 5.41) is 11.1. The van der Waals surface area contributed by atoms with Gasteiger partial charge in [-0.25, -0.2) is 9.07 Å². The van der Waals surface area contributed by atoms with Crippen LogP contribution in [0, 0.1) is 12.7 Å². The Hall–Kier alpha value is -3.06. The van der Waals surface area contributed by atoms with Crippen LogP contribution in [0.3, 0.4) is 0 Å². The van der Waals surface area contributed by atoms with Gasteiger partial charge in [0.15, 0.2) is 5.69 Å². The number of rotatable bonds is 4. The molecule has 0 unspecified atom stereocenters. The van der Waals surface area contributed by atoms with Crippen LogP contribution >= 0.6 is 0 Å². The summed E-state index contributed by atoms with van der Waals surface area (Å²) in [6.07, 6.45) is 0.940. The maximum Gasteiger partial charge on any atom is 0.278 e. The molecular formula is C21H22FN5O. The monoisotopic (exact) mass is 379 g/mol. The molecule has 1 aliphatic heterocycles. The van der Waals surface area contributed by atoms with Crippen molar-refractivity contribution in [3.05, 3.63) is 70.8 Å². The SMILES string of the molecule is CCN1CCc2c(cccc2-n2nnc(C(=O)Nc3ccc(F)cc3)c2C)C1. The fraction of sp³-hybridized carbons (Fsp3) is 0.286. The van der Waals surface area contributed by atoms with Crippen LogP contribution in [0.1, 0.15) is 34.2 Å². The third kappa shape index (κ3) is 3.41. The highest BCUT2D eigenvalue weighted by atomic mass is 19.1. The van der Waals surface area contributed by atoms with Gasteiger partial charge in [0.1, 0.15) is 5.82 Å². The first kappa shape index (κ1) is 18.3. The highest BCUT2D eigenvalue weighted by Crippen LogP contribution is 2.26. The molecule has 0 atom stereocenters. The molecule has 0 spiro atoms. The van der Waals surface area contributed by atoms with Gasteiger partial charge in [-0.15, -0.1) is 5.10 Å². The molecule has 144 valence electrons. The summed E-state index contributed by atoms with van der Waals surface area (Å²) >= 11 is 0. The smallest absolute Gasteiger partial charge is 0.278 e. The van der Waals surface area contributed by atoms with Gasteiger partial charge < -0.3 is 5.32 Å². The number of likely N-dealkylation sites (N-methyl/N-ethyl adjacent to an activating group) is 1. The zero-order chi connectivity index (χ0) is 19.7. The lowest BCUT2D eigenvalue weighted by atomic mass is 9.97. The molecule has 0 saturated heterocycles. The first-order valence-electron chi connectivity index (χ1n) is 9.39. The number of benzene rings is 2. The molecular weight excluding hydrogens is 357 g/mol. The van der Waals surface area contributed by atoms with Crippen molar-refractivity contribution in [3.8, 4) is 5.69 Å². The number of carbonyl (C=O) groups is 1. The van der Waals surface area contributed by atoms with Gasteiger partial charge in [-0.05, 0) is 61.3 Å².